The van der Waals surface area contributed by atoms with Crippen LogP contribution in [0.4, 0.5) is 0 Å². The predicted molar refractivity (Wildman–Crippen MR) is 113 cm³/mol. The number of pyridine rings is 1. The van der Waals surface area contributed by atoms with Crippen molar-refractivity contribution in [2.24, 2.45) is 7.05 Å². The van der Waals surface area contributed by atoms with Crippen molar-refractivity contribution in [1.29, 1.82) is 0 Å². The van der Waals surface area contributed by atoms with Gasteiger partial charge in [-0.2, -0.15) is 5.10 Å². The number of nitrogens with one attached hydrogen (secondary N) is 1. The zero-order valence-electron chi connectivity index (χ0n) is 17.3. The maximum atomic E-state index is 13.3. The van der Waals surface area contributed by atoms with E-state index in [1.54, 1.807) is 30.9 Å². The van der Waals surface area contributed by atoms with E-state index in [2.05, 4.69) is 10.4 Å². The average molecular weight is 407 g/mol. The Balaban J connectivity index is 1.99. The Bertz CT molecular complexity index is 1050. The molecule has 0 fully saturated rings. The number of carbonyl (C=O) groups is 2. The molecule has 8 heteroatoms. The molecule has 1 N–H and O–H groups in total. The van der Waals surface area contributed by atoms with E-state index in [0.717, 1.165) is 5.56 Å². The largest absolute Gasteiger partial charge is 0.358 e. The van der Waals surface area contributed by atoms with E-state index in [-0.39, 0.29) is 36.5 Å². The molecule has 30 heavy (non-hydrogen) atoms. The van der Waals surface area contributed by atoms with Crippen LogP contribution >= 0.6 is 0 Å². The second kappa shape index (κ2) is 9.21. The van der Waals surface area contributed by atoms with Crippen LogP contribution in [0.3, 0.4) is 0 Å². The number of aryl methyl sites for hydroxylation is 2. The third kappa shape index (κ3) is 4.65. The highest BCUT2D eigenvalue weighted by molar-refractivity contribution is 5.96. The lowest BCUT2D eigenvalue weighted by Gasteiger charge is -2.28. The van der Waals surface area contributed by atoms with Gasteiger partial charge in [0, 0.05) is 44.8 Å². The van der Waals surface area contributed by atoms with E-state index in [9.17, 15) is 14.4 Å². The van der Waals surface area contributed by atoms with E-state index in [1.807, 2.05) is 42.6 Å². The molecule has 2 aromatic heterocycles. The van der Waals surface area contributed by atoms with Crippen LogP contribution in [0.5, 0.6) is 0 Å². The van der Waals surface area contributed by atoms with Crippen LogP contribution < -0.4 is 10.9 Å². The van der Waals surface area contributed by atoms with Crippen LogP contribution in [-0.4, -0.2) is 51.2 Å². The van der Waals surface area contributed by atoms with E-state index in [1.165, 1.54) is 22.7 Å². The Hall–Kier alpha value is -3.68. The summed E-state index contributed by atoms with van der Waals surface area (Å²) in [6, 6.07) is 12.8. The summed E-state index contributed by atoms with van der Waals surface area (Å²) < 4.78 is 3.15. The molecule has 0 bridgehead atoms. The molecule has 0 radical (unpaired) electrons. The van der Waals surface area contributed by atoms with Gasteiger partial charge in [-0.3, -0.25) is 19.1 Å². The molecule has 2 heterocycles. The lowest BCUT2D eigenvalue weighted by molar-refractivity contribution is -0.121. The van der Waals surface area contributed by atoms with E-state index >= 15 is 0 Å². The van der Waals surface area contributed by atoms with Crippen LogP contribution in [0.2, 0.25) is 0 Å². The predicted octanol–water partition coefficient (Wildman–Crippen LogP) is 1.37. The fourth-order valence-corrected chi connectivity index (χ4v) is 3.34. The topological polar surface area (TPSA) is 89.2 Å². The first kappa shape index (κ1) is 21.0. The summed E-state index contributed by atoms with van der Waals surface area (Å²) in [6.45, 7) is 1.79. The molecule has 1 unspecified atom stereocenters. The van der Waals surface area contributed by atoms with Crippen molar-refractivity contribution in [3.8, 4) is 0 Å². The Kier molecular flexibility index (Phi) is 6.46. The fraction of sp³-hybridized carbons (Fsp3) is 0.273. The first-order valence-corrected chi connectivity index (χ1v) is 9.62. The summed E-state index contributed by atoms with van der Waals surface area (Å²) in [5.74, 6) is -0.609. The van der Waals surface area contributed by atoms with Crippen molar-refractivity contribution in [1.82, 2.24) is 24.6 Å². The highest BCUT2D eigenvalue weighted by atomic mass is 16.2. The highest BCUT2D eigenvalue weighted by Gasteiger charge is 2.25. The van der Waals surface area contributed by atoms with Crippen molar-refractivity contribution in [3.63, 3.8) is 0 Å². The molecule has 0 spiro atoms. The van der Waals surface area contributed by atoms with Crippen molar-refractivity contribution >= 4 is 11.8 Å². The van der Waals surface area contributed by atoms with Gasteiger partial charge < -0.3 is 14.8 Å². The molecular formula is C22H25N5O3. The zero-order valence-corrected chi connectivity index (χ0v) is 17.3. The van der Waals surface area contributed by atoms with Crippen LogP contribution in [0.1, 0.15) is 27.5 Å². The minimum absolute atomic E-state index is 0.109. The lowest BCUT2D eigenvalue weighted by Crippen LogP contribution is -2.43. The molecule has 1 atom stereocenters. The number of carbonyl (C=O) groups excluding carboxylic acids is 2. The zero-order chi connectivity index (χ0) is 21.7. The number of likely N-dealkylation sites (N-methyl/N-ethyl adjacent to an activating group) is 1. The molecule has 1 aromatic carbocycles. The van der Waals surface area contributed by atoms with Crippen molar-refractivity contribution < 1.29 is 9.59 Å². The second-order valence-electron chi connectivity index (χ2n) is 7.10. The fourth-order valence-electron chi connectivity index (χ4n) is 3.34. The van der Waals surface area contributed by atoms with Gasteiger partial charge >= 0.3 is 0 Å². The summed E-state index contributed by atoms with van der Waals surface area (Å²) in [4.78, 5) is 39.0. The summed E-state index contributed by atoms with van der Waals surface area (Å²) in [5.41, 5.74) is 1.62. The van der Waals surface area contributed by atoms with Gasteiger partial charge in [-0.25, -0.2) is 0 Å². The van der Waals surface area contributed by atoms with Gasteiger partial charge in [0.2, 0.25) is 5.91 Å². The van der Waals surface area contributed by atoms with Gasteiger partial charge in [0.15, 0.2) is 0 Å². The van der Waals surface area contributed by atoms with Gasteiger partial charge in [-0.15, -0.1) is 0 Å². The quantitative estimate of drug-likeness (QED) is 0.641. The number of aromatic nitrogens is 3. The lowest BCUT2D eigenvalue weighted by atomic mass is 10.1. The molecule has 0 aliphatic heterocycles. The normalized spacial score (nSPS) is 11.7. The van der Waals surface area contributed by atoms with Crippen LogP contribution in [0.25, 0.3) is 0 Å². The van der Waals surface area contributed by atoms with Crippen molar-refractivity contribution in [2.45, 2.75) is 13.0 Å². The molecular weight excluding hydrogens is 382 g/mol. The molecule has 0 aliphatic rings. The third-order valence-electron chi connectivity index (χ3n) is 4.93. The molecule has 3 aromatic rings. The molecule has 8 nitrogen and oxygen atoms in total. The minimum atomic E-state index is -0.328. The van der Waals surface area contributed by atoms with Gasteiger partial charge in [0.1, 0.15) is 0 Å². The number of benzene rings is 1. The number of nitrogens with zero attached hydrogens (tertiary/aromatic N) is 4. The Morgan fingerprint density at radius 2 is 1.93 bits per heavy atom. The van der Waals surface area contributed by atoms with Gasteiger partial charge in [-0.05, 0) is 24.6 Å². The molecule has 2 amide bonds. The van der Waals surface area contributed by atoms with Crippen LogP contribution in [0, 0.1) is 6.92 Å². The highest BCUT2D eigenvalue weighted by Crippen LogP contribution is 2.20. The number of hydrogen-bond donors (Lipinski definition) is 1. The average Bonchev–Trinajstić information content (AvgIpc) is 3.29. The standard InChI is InChI=1S/C22H25N5O3/c1-16-12-18(13-25(3)21(16)29)22(30)26(15-20(28)23-2)14-19(27-11-7-10-24-27)17-8-5-4-6-9-17/h4-13,19H,14-15H2,1-3H3,(H,23,28). The van der Waals surface area contributed by atoms with E-state index < -0.39 is 0 Å². The number of hydrogen-bond acceptors (Lipinski definition) is 4. The Morgan fingerprint density at radius 3 is 2.53 bits per heavy atom. The maximum absolute atomic E-state index is 13.3. The molecule has 3 rings (SSSR count). The summed E-state index contributed by atoms with van der Waals surface area (Å²) in [7, 11) is 3.13. The van der Waals surface area contributed by atoms with Crippen LogP contribution in [0.15, 0.2) is 65.8 Å². The summed E-state index contributed by atoms with van der Waals surface area (Å²) >= 11 is 0. The minimum Gasteiger partial charge on any atom is -0.358 e. The molecule has 0 saturated heterocycles. The SMILES string of the molecule is CNC(=O)CN(CC(c1ccccc1)n1cccn1)C(=O)c1cc(C)c(=O)n(C)c1. The molecule has 0 saturated carbocycles. The monoisotopic (exact) mass is 407 g/mol. The summed E-state index contributed by atoms with van der Waals surface area (Å²) in [6.07, 6.45) is 5.01. The first-order valence-electron chi connectivity index (χ1n) is 9.62. The first-order chi connectivity index (χ1) is 14.4. The van der Waals surface area contributed by atoms with Gasteiger partial charge in [0.05, 0.1) is 18.2 Å². The maximum Gasteiger partial charge on any atom is 0.255 e. The molecule has 156 valence electrons. The number of amides is 2. The third-order valence-corrected chi connectivity index (χ3v) is 4.93. The second-order valence-corrected chi connectivity index (χ2v) is 7.10. The van der Waals surface area contributed by atoms with E-state index in [0.29, 0.717) is 11.1 Å². The summed E-state index contributed by atoms with van der Waals surface area (Å²) in [5, 5.41) is 6.92. The van der Waals surface area contributed by atoms with Crippen LogP contribution in [-0.2, 0) is 11.8 Å². The van der Waals surface area contributed by atoms with Gasteiger partial charge in [0.25, 0.3) is 11.5 Å². The van der Waals surface area contributed by atoms with Crippen molar-refractivity contribution in [3.05, 3.63) is 88.1 Å². The Labute approximate surface area is 174 Å². The van der Waals surface area contributed by atoms with Gasteiger partial charge in [-0.1, -0.05) is 30.3 Å². The molecule has 0 aliphatic carbocycles. The number of rotatable bonds is 7. The van der Waals surface area contributed by atoms with Crippen molar-refractivity contribution in [2.75, 3.05) is 20.1 Å². The van der Waals surface area contributed by atoms with E-state index in [4.69, 9.17) is 0 Å². The smallest absolute Gasteiger partial charge is 0.255 e. The Morgan fingerprint density at radius 1 is 1.20 bits per heavy atom.